The number of nitrogens with zero attached hydrogens (tertiary/aromatic N) is 2. The van der Waals surface area contributed by atoms with Gasteiger partial charge >= 0.3 is 0 Å². The molecule has 0 fully saturated rings. The van der Waals surface area contributed by atoms with Gasteiger partial charge in [0.1, 0.15) is 5.75 Å². The van der Waals surface area contributed by atoms with Crippen molar-refractivity contribution in [2.45, 2.75) is 20.3 Å². The van der Waals surface area contributed by atoms with Crippen molar-refractivity contribution in [3.05, 3.63) is 47.3 Å². The monoisotopic (exact) mass is 230 g/mol. The van der Waals surface area contributed by atoms with Gasteiger partial charge in [-0.15, -0.1) is 0 Å². The van der Waals surface area contributed by atoms with Crippen LogP contribution in [-0.4, -0.2) is 16.4 Å². The van der Waals surface area contributed by atoms with E-state index in [2.05, 4.69) is 37.1 Å². The van der Waals surface area contributed by atoms with Crippen molar-refractivity contribution >= 4 is 0 Å². The molecule has 0 radical (unpaired) electrons. The van der Waals surface area contributed by atoms with E-state index in [0.717, 1.165) is 12.2 Å². The van der Waals surface area contributed by atoms with Gasteiger partial charge in [-0.1, -0.05) is 18.2 Å². The standard InChI is InChI=1S/C14H18N2O/c1-11-5-4-6-12(2)14(11)17-10-8-13-7-9-15-16(13)3/h4-7,9H,8,10H2,1-3H3. The van der Waals surface area contributed by atoms with E-state index in [0.29, 0.717) is 6.61 Å². The second-order valence-corrected chi connectivity index (χ2v) is 4.27. The third-order valence-corrected chi connectivity index (χ3v) is 2.94. The summed E-state index contributed by atoms with van der Waals surface area (Å²) in [4.78, 5) is 0. The Morgan fingerprint density at radius 1 is 1.18 bits per heavy atom. The fourth-order valence-electron chi connectivity index (χ4n) is 1.93. The van der Waals surface area contributed by atoms with Crippen LogP contribution < -0.4 is 4.74 Å². The Morgan fingerprint density at radius 2 is 1.88 bits per heavy atom. The molecule has 1 aromatic carbocycles. The lowest BCUT2D eigenvalue weighted by molar-refractivity contribution is 0.314. The number of benzene rings is 1. The third-order valence-electron chi connectivity index (χ3n) is 2.94. The minimum atomic E-state index is 0.686. The first kappa shape index (κ1) is 11.7. The second-order valence-electron chi connectivity index (χ2n) is 4.27. The lowest BCUT2D eigenvalue weighted by atomic mass is 10.1. The van der Waals surface area contributed by atoms with E-state index < -0.39 is 0 Å². The molecule has 17 heavy (non-hydrogen) atoms. The van der Waals surface area contributed by atoms with Crippen molar-refractivity contribution in [2.24, 2.45) is 7.05 Å². The molecule has 0 bridgehead atoms. The van der Waals surface area contributed by atoms with Gasteiger partial charge in [-0.3, -0.25) is 4.68 Å². The topological polar surface area (TPSA) is 27.1 Å². The number of aryl methyl sites for hydroxylation is 3. The van der Waals surface area contributed by atoms with Crippen LogP contribution in [0.2, 0.25) is 0 Å². The average Bonchev–Trinajstić information content (AvgIpc) is 2.69. The number of rotatable bonds is 4. The number of aromatic nitrogens is 2. The average molecular weight is 230 g/mol. The summed E-state index contributed by atoms with van der Waals surface area (Å²) >= 11 is 0. The van der Waals surface area contributed by atoms with Crippen LogP contribution in [-0.2, 0) is 13.5 Å². The number of hydrogen-bond acceptors (Lipinski definition) is 2. The van der Waals surface area contributed by atoms with Gasteiger partial charge in [-0.05, 0) is 31.0 Å². The summed E-state index contributed by atoms with van der Waals surface area (Å²) in [6.07, 6.45) is 2.69. The SMILES string of the molecule is Cc1cccc(C)c1OCCc1ccnn1C. The van der Waals surface area contributed by atoms with Gasteiger partial charge in [-0.2, -0.15) is 5.10 Å². The van der Waals surface area contributed by atoms with Crippen molar-refractivity contribution in [3.63, 3.8) is 0 Å². The maximum absolute atomic E-state index is 5.85. The van der Waals surface area contributed by atoms with Gasteiger partial charge in [0.15, 0.2) is 0 Å². The van der Waals surface area contributed by atoms with E-state index in [-0.39, 0.29) is 0 Å². The largest absolute Gasteiger partial charge is 0.493 e. The summed E-state index contributed by atoms with van der Waals surface area (Å²) in [5.74, 6) is 1.01. The molecule has 0 saturated carbocycles. The zero-order valence-corrected chi connectivity index (χ0v) is 10.6. The Balaban J connectivity index is 1.97. The van der Waals surface area contributed by atoms with Gasteiger partial charge < -0.3 is 4.74 Å². The fourth-order valence-corrected chi connectivity index (χ4v) is 1.93. The molecule has 2 rings (SSSR count). The van der Waals surface area contributed by atoms with Crippen LogP contribution in [0, 0.1) is 13.8 Å². The van der Waals surface area contributed by atoms with E-state index in [9.17, 15) is 0 Å². The van der Waals surface area contributed by atoms with Crippen LogP contribution >= 0.6 is 0 Å². The molecule has 90 valence electrons. The van der Waals surface area contributed by atoms with E-state index in [4.69, 9.17) is 4.74 Å². The lowest BCUT2D eigenvalue weighted by Crippen LogP contribution is -2.07. The predicted octanol–water partition coefficient (Wildman–Crippen LogP) is 2.66. The molecule has 0 spiro atoms. The Bertz CT molecular complexity index is 482. The lowest BCUT2D eigenvalue weighted by Gasteiger charge is -2.11. The molecule has 0 atom stereocenters. The van der Waals surface area contributed by atoms with Crippen molar-refractivity contribution in [3.8, 4) is 5.75 Å². The zero-order chi connectivity index (χ0) is 12.3. The second kappa shape index (κ2) is 5.04. The number of hydrogen-bond donors (Lipinski definition) is 0. The van der Waals surface area contributed by atoms with Crippen molar-refractivity contribution in [2.75, 3.05) is 6.61 Å². The molecule has 3 heteroatoms. The first-order valence-electron chi connectivity index (χ1n) is 5.84. The van der Waals surface area contributed by atoms with Crippen molar-refractivity contribution in [1.29, 1.82) is 0 Å². The maximum Gasteiger partial charge on any atom is 0.125 e. The first-order chi connectivity index (χ1) is 8.18. The summed E-state index contributed by atoms with van der Waals surface area (Å²) in [5, 5.41) is 4.14. The van der Waals surface area contributed by atoms with Crippen molar-refractivity contribution in [1.82, 2.24) is 9.78 Å². The Hall–Kier alpha value is -1.77. The molecule has 0 aliphatic rings. The number of ether oxygens (including phenoxy) is 1. The van der Waals surface area contributed by atoms with Crippen LogP contribution in [0.25, 0.3) is 0 Å². The fraction of sp³-hybridized carbons (Fsp3) is 0.357. The highest BCUT2D eigenvalue weighted by Crippen LogP contribution is 2.22. The summed E-state index contributed by atoms with van der Waals surface area (Å²) in [6.45, 7) is 4.84. The highest BCUT2D eigenvalue weighted by molar-refractivity contribution is 5.39. The first-order valence-corrected chi connectivity index (χ1v) is 5.84. The van der Waals surface area contributed by atoms with Gasteiger partial charge in [-0.25, -0.2) is 0 Å². The Kier molecular flexibility index (Phi) is 3.47. The molecule has 1 aromatic heterocycles. The highest BCUT2D eigenvalue weighted by Gasteiger charge is 2.04. The molecule has 2 aromatic rings. The van der Waals surface area contributed by atoms with E-state index in [1.54, 1.807) is 0 Å². The third kappa shape index (κ3) is 2.67. The van der Waals surface area contributed by atoms with Gasteiger partial charge in [0.05, 0.1) is 6.61 Å². The smallest absolute Gasteiger partial charge is 0.125 e. The molecule has 1 heterocycles. The van der Waals surface area contributed by atoms with Crippen LogP contribution in [0.5, 0.6) is 5.75 Å². The van der Waals surface area contributed by atoms with Gasteiger partial charge in [0.25, 0.3) is 0 Å². The van der Waals surface area contributed by atoms with Gasteiger partial charge in [0, 0.05) is 25.4 Å². The molecule has 0 saturated heterocycles. The molecule has 0 amide bonds. The summed E-state index contributed by atoms with van der Waals surface area (Å²) in [6, 6.07) is 8.23. The minimum absolute atomic E-state index is 0.686. The maximum atomic E-state index is 5.85. The summed E-state index contributed by atoms with van der Waals surface area (Å²) < 4.78 is 7.74. The van der Waals surface area contributed by atoms with Crippen LogP contribution in [0.3, 0.4) is 0 Å². The zero-order valence-electron chi connectivity index (χ0n) is 10.6. The van der Waals surface area contributed by atoms with Crippen LogP contribution in [0.4, 0.5) is 0 Å². The van der Waals surface area contributed by atoms with E-state index in [1.165, 1.54) is 16.8 Å². The van der Waals surface area contributed by atoms with E-state index in [1.807, 2.05) is 24.0 Å². The molecule has 3 nitrogen and oxygen atoms in total. The minimum Gasteiger partial charge on any atom is -0.493 e. The quantitative estimate of drug-likeness (QED) is 0.807. The van der Waals surface area contributed by atoms with E-state index >= 15 is 0 Å². The van der Waals surface area contributed by atoms with Crippen molar-refractivity contribution < 1.29 is 4.74 Å². The van der Waals surface area contributed by atoms with Crippen LogP contribution in [0.1, 0.15) is 16.8 Å². The normalized spacial score (nSPS) is 10.5. The Morgan fingerprint density at radius 3 is 2.47 bits per heavy atom. The van der Waals surface area contributed by atoms with Crippen LogP contribution in [0.15, 0.2) is 30.5 Å². The highest BCUT2D eigenvalue weighted by atomic mass is 16.5. The molecule has 0 aliphatic heterocycles. The summed E-state index contributed by atoms with van der Waals surface area (Å²) in [5.41, 5.74) is 3.57. The predicted molar refractivity (Wildman–Crippen MR) is 68.3 cm³/mol. The van der Waals surface area contributed by atoms with Gasteiger partial charge in [0.2, 0.25) is 0 Å². The molecule has 0 unspecified atom stereocenters. The molecule has 0 aliphatic carbocycles. The number of para-hydroxylation sites is 1. The molecule has 0 N–H and O–H groups in total. The molecular weight excluding hydrogens is 212 g/mol. The molecular formula is C14H18N2O. The Labute approximate surface area is 102 Å². The summed E-state index contributed by atoms with van der Waals surface area (Å²) in [7, 11) is 1.95.